The van der Waals surface area contributed by atoms with Crippen molar-refractivity contribution in [1.82, 2.24) is 4.98 Å². The molecular formula is C8H8BrNO2. The number of nitrogens with zero attached hydrogens (tertiary/aromatic N) is 1. The summed E-state index contributed by atoms with van der Waals surface area (Å²) in [6.45, 7) is 3.44. The van der Waals surface area contributed by atoms with E-state index in [1.165, 1.54) is 0 Å². The Labute approximate surface area is 78.6 Å². The Bertz CT molecular complexity index is 336. The number of halogens is 1. The van der Waals surface area contributed by atoms with E-state index < -0.39 is 5.97 Å². The predicted molar refractivity (Wildman–Crippen MR) is 48.4 cm³/mol. The molecule has 0 saturated carbocycles. The van der Waals surface area contributed by atoms with Crippen molar-refractivity contribution in [1.29, 1.82) is 0 Å². The van der Waals surface area contributed by atoms with Gasteiger partial charge in [0.15, 0.2) is 0 Å². The van der Waals surface area contributed by atoms with Gasteiger partial charge in [-0.25, -0.2) is 4.79 Å². The van der Waals surface area contributed by atoms with Crippen molar-refractivity contribution >= 4 is 21.9 Å². The van der Waals surface area contributed by atoms with Gasteiger partial charge in [0.1, 0.15) is 0 Å². The Kier molecular flexibility index (Phi) is 2.47. The number of aromatic carboxylic acids is 1. The van der Waals surface area contributed by atoms with E-state index in [0.717, 1.165) is 10.0 Å². The number of rotatable bonds is 1. The van der Waals surface area contributed by atoms with Crippen molar-refractivity contribution in [2.24, 2.45) is 0 Å². The quantitative estimate of drug-likeness (QED) is 0.804. The van der Waals surface area contributed by atoms with Gasteiger partial charge in [-0.15, -0.1) is 0 Å². The third-order valence-electron chi connectivity index (χ3n) is 1.68. The van der Waals surface area contributed by atoms with Gasteiger partial charge in [-0.3, -0.25) is 4.98 Å². The van der Waals surface area contributed by atoms with Crippen LogP contribution in [0.3, 0.4) is 0 Å². The summed E-state index contributed by atoms with van der Waals surface area (Å²) in [6, 6.07) is 0. The van der Waals surface area contributed by atoms with Gasteiger partial charge in [-0.05, 0) is 35.3 Å². The number of carboxylic acid groups (broad SMARTS) is 1. The van der Waals surface area contributed by atoms with Gasteiger partial charge >= 0.3 is 5.97 Å². The molecule has 1 rings (SSSR count). The number of aryl methyl sites for hydroxylation is 1. The molecule has 0 aliphatic heterocycles. The van der Waals surface area contributed by atoms with Crippen molar-refractivity contribution in [3.05, 3.63) is 27.5 Å². The molecule has 0 unspecified atom stereocenters. The molecule has 0 aromatic carbocycles. The maximum atomic E-state index is 10.7. The molecule has 1 aromatic heterocycles. The minimum Gasteiger partial charge on any atom is -0.478 e. The predicted octanol–water partition coefficient (Wildman–Crippen LogP) is 2.16. The van der Waals surface area contributed by atoms with Gasteiger partial charge in [-0.1, -0.05) is 0 Å². The molecule has 1 aromatic rings. The molecule has 0 aliphatic carbocycles. The monoisotopic (exact) mass is 229 g/mol. The first kappa shape index (κ1) is 9.19. The molecule has 0 aliphatic rings. The number of hydrogen-bond acceptors (Lipinski definition) is 2. The lowest BCUT2D eigenvalue weighted by Crippen LogP contribution is -2.05. The first-order chi connectivity index (χ1) is 5.54. The normalized spacial score (nSPS) is 9.92. The van der Waals surface area contributed by atoms with Gasteiger partial charge in [0.05, 0.1) is 11.3 Å². The first-order valence-corrected chi connectivity index (χ1v) is 4.18. The lowest BCUT2D eigenvalue weighted by Gasteiger charge is -2.04. The second kappa shape index (κ2) is 3.23. The largest absolute Gasteiger partial charge is 0.478 e. The highest BCUT2D eigenvalue weighted by Crippen LogP contribution is 2.20. The van der Waals surface area contributed by atoms with Gasteiger partial charge in [-0.2, -0.15) is 0 Å². The minimum absolute atomic E-state index is 0.282. The van der Waals surface area contributed by atoms with Crippen molar-refractivity contribution in [3.63, 3.8) is 0 Å². The summed E-state index contributed by atoms with van der Waals surface area (Å²) >= 11 is 3.22. The molecule has 12 heavy (non-hydrogen) atoms. The van der Waals surface area contributed by atoms with Crippen LogP contribution in [0.25, 0.3) is 0 Å². The van der Waals surface area contributed by atoms with Crippen LogP contribution in [-0.2, 0) is 0 Å². The number of pyridine rings is 1. The average molecular weight is 230 g/mol. The molecule has 0 spiro atoms. The molecule has 4 heteroatoms. The van der Waals surface area contributed by atoms with Crippen LogP contribution in [0.4, 0.5) is 0 Å². The molecule has 3 nitrogen and oxygen atoms in total. The third-order valence-corrected chi connectivity index (χ3v) is 2.48. The van der Waals surface area contributed by atoms with Gasteiger partial charge in [0.25, 0.3) is 0 Å². The molecule has 1 N–H and O–H groups in total. The van der Waals surface area contributed by atoms with Crippen LogP contribution in [-0.4, -0.2) is 16.1 Å². The zero-order chi connectivity index (χ0) is 9.30. The SMILES string of the molecule is Cc1ncc(Br)c(C)c1C(=O)O. The summed E-state index contributed by atoms with van der Waals surface area (Å²) in [6.07, 6.45) is 1.61. The van der Waals surface area contributed by atoms with Crippen molar-refractivity contribution in [3.8, 4) is 0 Å². The zero-order valence-corrected chi connectivity index (χ0v) is 8.34. The van der Waals surface area contributed by atoms with Crippen LogP contribution in [0.15, 0.2) is 10.7 Å². The van der Waals surface area contributed by atoms with E-state index in [1.807, 2.05) is 0 Å². The Morgan fingerprint density at radius 1 is 1.58 bits per heavy atom. The second-order valence-corrected chi connectivity index (χ2v) is 3.35. The van der Waals surface area contributed by atoms with Crippen LogP contribution < -0.4 is 0 Å². The van der Waals surface area contributed by atoms with E-state index in [1.54, 1.807) is 20.0 Å². The lowest BCUT2D eigenvalue weighted by atomic mass is 10.1. The number of carbonyl (C=O) groups is 1. The Morgan fingerprint density at radius 2 is 2.17 bits per heavy atom. The number of aromatic nitrogens is 1. The molecular weight excluding hydrogens is 222 g/mol. The molecule has 0 atom stereocenters. The Morgan fingerprint density at radius 3 is 2.58 bits per heavy atom. The van der Waals surface area contributed by atoms with E-state index >= 15 is 0 Å². The average Bonchev–Trinajstić information content (AvgIpc) is 1.97. The summed E-state index contributed by atoms with van der Waals surface area (Å²) in [5.74, 6) is -0.932. The molecule has 0 bridgehead atoms. The first-order valence-electron chi connectivity index (χ1n) is 3.39. The smallest absolute Gasteiger partial charge is 0.337 e. The summed E-state index contributed by atoms with van der Waals surface area (Å²) in [4.78, 5) is 14.7. The van der Waals surface area contributed by atoms with Crippen molar-refractivity contribution in [2.75, 3.05) is 0 Å². The highest BCUT2D eigenvalue weighted by atomic mass is 79.9. The molecule has 0 amide bonds. The van der Waals surface area contributed by atoms with Gasteiger partial charge < -0.3 is 5.11 Å². The van der Waals surface area contributed by atoms with Crippen molar-refractivity contribution in [2.45, 2.75) is 13.8 Å². The highest BCUT2D eigenvalue weighted by molar-refractivity contribution is 9.10. The van der Waals surface area contributed by atoms with Crippen LogP contribution in [0.5, 0.6) is 0 Å². The van der Waals surface area contributed by atoms with Gasteiger partial charge in [0, 0.05) is 10.7 Å². The van der Waals surface area contributed by atoms with Crippen LogP contribution in [0.2, 0.25) is 0 Å². The molecule has 0 saturated heterocycles. The topological polar surface area (TPSA) is 50.2 Å². The standard InChI is InChI=1S/C8H8BrNO2/c1-4-6(9)3-10-5(2)7(4)8(11)12/h3H,1-2H3,(H,11,12). The van der Waals surface area contributed by atoms with Crippen LogP contribution in [0.1, 0.15) is 21.6 Å². The molecule has 0 fully saturated rings. The van der Waals surface area contributed by atoms with Crippen LogP contribution >= 0.6 is 15.9 Å². The summed E-state index contributed by atoms with van der Waals surface area (Å²) in [5, 5.41) is 8.81. The Balaban J connectivity index is 3.43. The Hall–Kier alpha value is -0.900. The highest BCUT2D eigenvalue weighted by Gasteiger charge is 2.13. The van der Waals surface area contributed by atoms with Crippen molar-refractivity contribution < 1.29 is 9.90 Å². The van der Waals surface area contributed by atoms with E-state index in [-0.39, 0.29) is 5.56 Å². The number of carboxylic acids is 1. The molecule has 0 radical (unpaired) electrons. The second-order valence-electron chi connectivity index (χ2n) is 2.50. The fourth-order valence-corrected chi connectivity index (χ4v) is 1.32. The van der Waals surface area contributed by atoms with Crippen LogP contribution in [0, 0.1) is 13.8 Å². The maximum absolute atomic E-state index is 10.7. The molecule has 1 heterocycles. The third kappa shape index (κ3) is 1.48. The number of hydrogen-bond donors (Lipinski definition) is 1. The minimum atomic E-state index is -0.932. The van der Waals surface area contributed by atoms with Gasteiger partial charge in [0.2, 0.25) is 0 Å². The van der Waals surface area contributed by atoms with E-state index in [4.69, 9.17) is 5.11 Å². The van der Waals surface area contributed by atoms with E-state index in [9.17, 15) is 4.79 Å². The van der Waals surface area contributed by atoms with E-state index in [2.05, 4.69) is 20.9 Å². The van der Waals surface area contributed by atoms with E-state index in [0.29, 0.717) is 5.69 Å². The zero-order valence-electron chi connectivity index (χ0n) is 6.76. The fraction of sp³-hybridized carbons (Fsp3) is 0.250. The summed E-state index contributed by atoms with van der Waals surface area (Å²) < 4.78 is 0.727. The summed E-state index contributed by atoms with van der Waals surface area (Å²) in [7, 11) is 0. The lowest BCUT2D eigenvalue weighted by molar-refractivity contribution is 0.0694. The maximum Gasteiger partial charge on any atom is 0.337 e. The fourth-order valence-electron chi connectivity index (χ4n) is 1.02. The summed E-state index contributed by atoms with van der Waals surface area (Å²) in [5.41, 5.74) is 1.54. The molecule has 64 valence electrons.